The van der Waals surface area contributed by atoms with E-state index in [2.05, 4.69) is 17.6 Å². The first kappa shape index (κ1) is 15.1. The molecule has 2 rings (SSSR count). The molecule has 0 aromatic carbocycles. The van der Waals surface area contributed by atoms with Crippen LogP contribution in [-0.4, -0.2) is 56.1 Å². The summed E-state index contributed by atoms with van der Waals surface area (Å²) in [5.41, 5.74) is 0.0496. The molecule has 0 aliphatic carbocycles. The molecule has 0 saturated carbocycles. The normalized spacial score (nSPS) is 28.9. The van der Waals surface area contributed by atoms with E-state index in [0.717, 1.165) is 26.1 Å². The number of hydrogen-bond acceptors (Lipinski definition) is 4. The molecule has 0 aromatic heterocycles. The molecule has 2 unspecified atom stereocenters. The number of ether oxygens (including phenoxy) is 2. The number of hydrogen-bond donors (Lipinski definition) is 3. The van der Waals surface area contributed by atoms with E-state index in [0.29, 0.717) is 6.54 Å². The Morgan fingerprint density at radius 1 is 1.25 bits per heavy atom. The molecule has 2 atom stereocenters. The van der Waals surface area contributed by atoms with Crippen LogP contribution in [0.15, 0.2) is 0 Å². The Bertz CT molecular complexity index is 368. The summed E-state index contributed by atoms with van der Waals surface area (Å²) in [6.45, 7) is 4.52. The summed E-state index contributed by atoms with van der Waals surface area (Å²) in [5.74, 6) is -1.61. The summed E-state index contributed by atoms with van der Waals surface area (Å²) in [6.07, 6.45) is 1.83. The SMILES string of the molecule is CC1(CNC(=O)NC2COCC2C(=O)O)CCOCC1. The molecule has 0 aromatic rings. The van der Waals surface area contributed by atoms with E-state index in [9.17, 15) is 9.59 Å². The first-order valence-electron chi connectivity index (χ1n) is 6.93. The van der Waals surface area contributed by atoms with E-state index in [-0.39, 0.29) is 24.7 Å². The Kier molecular flexibility index (Phi) is 4.82. The molecule has 7 nitrogen and oxygen atoms in total. The van der Waals surface area contributed by atoms with Crippen molar-refractivity contribution in [1.29, 1.82) is 0 Å². The number of rotatable bonds is 4. The van der Waals surface area contributed by atoms with Gasteiger partial charge in [-0.3, -0.25) is 4.79 Å². The number of nitrogens with one attached hydrogen (secondary N) is 2. The summed E-state index contributed by atoms with van der Waals surface area (Å²) in [6, 6.07) is -0.797. The van der Waals surface area contributed by atoms with E-state index in [4.69, 9.17) is 14.6 Å². The van der Waals surface area contributed by atoms with Gasteiger partial charge in [0.25, 0.3) is 0 Å². The standard InChI is InChI=1S/C13H22N2O5/c1-13(2-4-19-5-3-13)8-14-12(18)15-10-7-20-6-9(10)11(16)17/h9-10H,2-8H2,1H3,(H,16,17)(H2,14,15,18). The summed E-state index contributed by atoms with van der Waals surface area (Å²) in [7, 11) is 0. The Hall–Kier alpha value is -1.34. The predicted octanol–water partition coefficient (Wildman–Crippen LogP) is 0.202. The van der Waals surface area contributed by atoms with Crippen LogP contribution in [0.3, 0.4) is 0 Å². The van der Waals surface area contributed by atoms with Gasteiger partial charge in [0.1, 0.15) is 5.92 Å². The monoisotopic (exact) mass is 286 g/mol. The zero-order chi connectivity index (χ0) is 14.6. The van der Waals surface area contributed by atoms with Crippen LogP contribution in [-0.2, 0) is 14.3 Å². The minimum absolute atomic E-state index is 0.0496. The molecule has 2 saturated heterocycles. The third-order valence-corrected chi connectivity index (χ3v) is 4.09. The molecule has 0 radical (unpaired) electrons. The van der Waals surface area contributed by atoms with Gasteiger partial charge >= 0.3 is 12.0 Å². The Morgan fingerprint density at radius 2 is 1.95 bits per heavy atom. The minimum Gasteiger partial charge on any atom is -0.481 e. The van der Waals surface area contributed by atoms with Gasteiger partial charge in [-0.15, -0.1) is 0 Å². The zero-order valence-corrected chi connectivity index (χ0v) is 11.7. The van der Waals surface area contributed by atoms with Gasteiger partial charge in [-0.05, 0) is 18.3 Å². The molecule has 2 aliphatic heterocycles. The quantitative estimate of drug-likeness (QED) is 0.686. The van der Waals surface area contributed by atoms with Crippen molar-refractivity contribution in [3.05, 3.63) is 0 Å². The van der Waals surface area contributed by atoms with Gasteiger partial charge in [0.2, 0.25) is 0 Å². The molecular weight excluding hydrogens is 264 g/mol. The second-order valence-corrected chi connectivity index (χ2v) is 5.84. The highest BCUT2D eigenvalue weighted by molar-refractivity contribution is 5.77. The second-order valence-electron chi connectivity index (χ2n) is 5.84. The lowest BCUT2D eigenvalue weighted by Crippen LogP contribution is -2.49. The fraction of sp³-hybridized carbons (Fsp3) is 0.846. The van der Waals surface area contributed by atoms with Crippen molar-refractivity contribution in [3.63, 3.8) is 0 Å². The lowest BCUT2D eigenvalue weighted by molar-refractivity contribution is -0.142. The van der Waals surface area contributed by atoms with Crippen LogP contribution in [0.2, 0.25) is 0 Å². The predicted molar refractivity (Wildman–Crippen MR) is 70.4 cm³/mol. The molecule has 2 fully saturated rings. The fourth-order valence-electron chi connectivity index (χ4n) is 2.49. The van der Waals surface area contributed by atoms with Crippen molar-refractivity contribution >= 4 is 12.0 Å². The number of carbonyl (C=O) groups is 2. The smallest absolute Gasteiger partial charge is 0.315 e. The molecule has 2 amide bonds. The van der Waals surface area contributed by atoms with E-state index in [1.54, 1.807) is 0 Å². The molecule has 114 valence electrons. The van der Waals surface area contributed by atoms with Crippen LogP contribution in [0.4, 0.5) is 4.79 Å². The third kappa shape index (κ3) is 3.83. The number of urea groups is 1. The first-order chi connectivity index (χ1) is 9.50. The summed E-state index contributed by atoms with van der Waals surface area (Å²) >= 11 is 0. The molecule has 2 heterocycles. The van der Waals surface area contributed by atoms with Gasteiger partial charge in [-0.2, -0.15) is 0 Å². The molecule has 7 heteroatoms. The maximum atomic E-state index is 11.9. The van der Waals surface area contributed by atoms with Crippen LogP contribution in [0.1, 0.15) is 19.8 Å². The van der Waals surface area contributed by atoms with Gasteiger partial charge in [0, 0.05) is 19.8 Å². The van der Waals surface area contributed by atoms with E-state index >= 15 is 0 Å². The van der Waals surface area contributed by atoms with E-state index in [1.807, 2.05) is 0 Å². The van der Waals surface area contributed by atoms with Crippen LogP contribution in [0.25, 0.3) is 0 Å². The van der Waals surface area contributed by atoms with Crippen LogP contribution < -0.4 is 10.6 Å². The minimum atomic E-state index is -0.941. The number of amides is 2. The zero-order valence-electron chi connectivity index (χ0n) is 11.7. The van der Waals surface area contributed by atoms with Crippen LogP contribution >= 0.6 is 0 Å². The van der Waals surface area contributed by atoms with Crippen molar-refractivity contribution in [2.75, 3.05) is 33.0 Å². The highest BCUT2D eigenvalue weighted by Gasteiger charge is 2.35. The Morgan fingerprint density at radius 3 is 2.60 bits per heavy atom. The summed E-state index contributed by atoms with van der Waals surface area (Å²) in [5, 5.41) is 14.5. The average Bonchev–Trinajstić information content (AvgIpc) is 2.86. The largest absolute Gasteiger partial charge is 0.481 e. The number of carboxylic acids is 1. The maximum Gasteiger partial charge on any atom is 0.315 e. The van der Waals surface area contributed by atoms with Gasteiger partial charge in [-0.25, -0.2) is 4.79 Å². The summed E-state index contributed by atoms with van der Waals surface area (Å²) in [4.78, 5) is 22.8. The molecular formula is C13H22N2O5. The highest BCUT2D eigenvalue weighted by atomic mass is 16.5. The molecule has 0 spiro atoms. The molecule has 2 aliphatic rings. The number of carboxylic acid groups (broad SMARTS) is 1. The Labute approximate surface area is 118 Å². The lowest BCUT2D eigenvalue weighted by atomic mass is 9.82. The van der Waals surface area contributed by atoms with Gasteiger partial charge < -0.3 is 25.2 Å². The van der Waals surface area contributed by atoms with Gasteiger partial charge in [0.15, 0.2) is 0 Å². The first-order valence-corrected chi connectivity index (χ1v) is 6.93. The number of aliphatic carboxylic acids is 1. The third-order valence-electron chi connectivity index (χ3n) is 4.09. The van der Waals surface area contributed by atoms with Crippen molar-refractivity contribution in [1.82, 2.24) is 10.6 Å². The lowest BCUT2D eigenvalue weighted by Gasteiger charge is -2.33. The molecule has 0 bridgehead atoms. The average molecular weight is 286 g/mol. The van der Waals surface area contributed by atoms with Crippen molar-refractivity contribution in [3.8, 4) is 0 Å². The van der Waals surface area contributed by atoms with Crippen LogP contribution in [0.5, 0.6) is 0 Å². The maximum absolute atomic E-state index is 11.9. The van der Waals surface area contributed by atoms with E-state index in [1.165, 1.54) is 0 Å². The molecule has 3 N–H and O–H groups in total. The van der Waals surface area contributed by atoms with Crippen molar-refractivity contribution < 1.29 is 24.2 Å². The Balaban J connectivity index is 1.76. The second kappa shape index (κ2) is 6.41. The van der Waals surface area contributed by atoms with Gasteiger partial charge in [-0.1, -0.05) is 6.92 Å². The van der Waals surface area contributed by atoms with E-state index < -0.39 is 17.9 Å². The van der Waals surface area contributed by atoms with Crippen LogP contribution in [0, 0.1) is 11.3 Å². The number of carbonyl (C=O) groups excluding carboxylic acids is 1. The molecule has 20 heavy (non-hydrogen) atoms. The highest BCUT2D eigenvalue weighted by Crippen LogP contribution is 2.28. The van der Waals surface area contributed by atoms with Gasteiger partial charge in [0.05, 0.1) is 19.3 Å². The summed E-state index contributed by atoms with van der Waals surface area (Å²) < 4.78 is 10.4. The van der Waals surface area contributed by atoms with Crippen molar-refractivity contribution in [2.24, 2.45) is 11.3 Å². The fourth-order valence-corrected chi connectivity index (χ4v) is 2.49. The topological polar surface area (TPSA) is 96.9 Å². The van der Waals surface area contributed by atoms with Crippen molar-refractivity contribution in [2.45, 2.75) is 25.8 Å².